The first-order chi connectivity index (χ1) is 7.29. The Morgan fingerprint density at radius 3 is 2.62 bits per heavy atom. The molecule has 0 aliphatic heterocycles. The molecule has 1 rings (SSSR count). The zero-order chi connectivity index (χ0) is 12.3. The molecule has 1 heterocycles. The molecule has 0 unspecified atom stereocenters. The van der Waals surface area contributed by atoms with Crippen molar-refractivity contribution in [1.82, 2.24) is 4.57 Å². The fraction of sp³-hybridized carbons (Fsp3) is 0.583. The normalized spacial score (nSPS) is 11.8. The number of aryl methyl sites for hydroxylation is 1. The number of aromatic nitrogens is 1. The van der Waals surface area contributed by atoms with Gasteiger partial charge in [0, 0.05) is 18.8 Å². The fourth-order valence-electron chi connectivity index (χ4n) is 1.31. The van der Waals surface area contributed by atoms with Gasteiger partial charge in [0.1, 0.15) is 0 Å². The highest BCUT2D eigenvalue weighted by molar-refractivity contribution is 5.42. The lowest BCUT2D eigenvalue weighted by Gasteiger charge is -2.19. The van der Waals surface area contributed by atoms with Gasteiger partial charge in [0.2, 0.25) is 0 Å². The lowest BCUT2D eigenvalue weighted by Crippen LogP contribution is -2.26. The Morgan fingerprint density at radius 1 is 1.44 bits per heavy atom. The van der Waals surface area contributed by atoms with Crippen LogP contribution in [0.1, 0.15) is 26.3 Å². The molecule has 0 saturated heterocycles. The molecule has 1 aromatic rings. The van der Waals surface area contributed by atoms with E-state index in [1.54, 1.807) is 16.8 Å². The lowest BCUT2D eigenvalue weighted by atomic mass is 10.2. The zero-order valence-corrected chi connectivity index (χ0v) is 10.4. The average molecular weight is 224 g/mol. The second-order valence-electron chi connectivity index (χ2n) is 4.90. The SMILES string of the molecule is Cc1cc(=O)n(CCOC(C)(C)C)cc1N. The summed E-state index contributed by atoms with van der Waals surface area (Å²) in [5.74, 6) is 0. The number of nitrogens with two attached hydrogens (primary N) is 1. The third-order valence-electron chi connectivity index (χ3n) is 2.24. The molecule has 0 saturated carbocycles. The Hall–Kier alpha value is -1.29. The molecule has 4 nitrogen and oxygen atoms in total. The van der Waals surface area contributed by atoms with Crippen molar-refractivity contribution in [2.45, 2.75) is 39.8 Å². The number of hydrogen-bond donors (Lipinski definition) is 1. The van der Waals surface area contributed by atoms with Gasteiger partial charge in [0.05, 0.1) is 17.9 Å². The van der Waals surface area contributed by atoms with Gasteiger partial charge in [0.15, 0.2) is 0 Å². The summed E-state index contributed by atoms with van der Waals surface area (Å²) in [5.41, 5.74) is 6.98. The van der Waals surface area contributed by atoms with Crippen LogP contribution in [0.15, 0.2) is 17.1 Å². The molecule has 4 heteroatoms. The largest absolute Gasteiger partial charge is 0.397 e. The van der Waals surface area contributed by atoms with E-state index in [2.05, 4.69) is 0 Å². The maximum atomic E-state index is 11.6. The van der Waals surface area contributed by atoms with E-state index in [9.17, 15) is 4.79 Å². The van der Waals surface area contributed by atoms with Crippen molar-refractivity contribution in [3.05, 3.63) is 28.2 Å². The molecule has 0 bridgehead atoms. The lowest BCUT2D eigenvalue weighted by molar-refractivity contribution is -0.00711. The number of nitrogens with zero attached hydrogens (tertiary/aromatic N) is 1. The summed E-state index contributed by atoms with van der Waals surface area (Å²) in [4.78, 5) is 11.6. The Balaban J connectivity index is 2.68. The summed E-state index contributed by atoms with van der Waals surface area (Å²) < 4.78 is 7.14. The van der Waals surface area contributed by atoms with Crippen LogP contribution in [0.4, 0.5) is 5.69 Å². The van der Waals surface area contributed by atoms with Gasteiger partial charge < -0.3 is 15.0 Å². The van der Waals surface area contributed by atoms with Gasteiger partial charge in [0.25, 0.3) is 5.56 Å². The minimum absolute atomic E-state index is 0.0378. The van der Waals surface area contributed by atoms with Gasteiger partial charge in [-0.25, -0.2) is 0 Å². The number of ether oxygens (including phenoxy) is 1. The van der Waals surface area contributed by atoms with Crippen molar-refractivity contribution >= 4 is 5.69 Å². The molecule has 90 valence electrons. The molecule has 0 amide bonds. The smallest absolute Gasteiger partial charge is 0.250 e. The van der Waals surface area contributed by atoms with Crippen LogP contribution in [0.25, 0.3) is 0 Å². The predicted molar refractivity (Wildman–Crippen MR) is 65.6 cm³/mol. The second kappa shape index (κ2) is 4.70. The fourth-order valence-corrected chi connectivity index (χ4v) is 1.31. The van der Waals surface area contributed by atoms with Gasteiger partial charge in [-0.2, -0.15) is 0 Å². The minimum Gasteiger partial charge on any atom is -0.397 e. The van der Waals surface area contributed by atoms with Crippen LogP contribution < -0.4 is 11.3 Å². The van der Waals surface area contributed by atoms with E-state index in [1.807, 2.05) is 27.7 Å². The highest BCUT2D eigenvalue weighted by atomic mass is 16.5. The number of anilines is 1. The Bertz CT molecular complexity index is 416. The van der Waals surface area contributed by atoms with E-state index in [0.29, 0.717) is 18.8 Å². The monoisotopic (exact) mass is 224 g/mol. The molecular formula is C12H20N2O2. The molecule has 0 radical (unpaired) electrons. The maximum Gasteiger partial charge on any atom is 0.250 e. The molecule has 2 N–H and O–H groups in total. The first kappa shape index (κ1) is 12.8. The maximum absolute atomic E-state index is 11.6. The van der Waals surface area contributed by atoms with Crippen molar-refractivity contribution in [1.29, 1.82) is 0 Å². The molecule has 0 aliphatic carbocycles. The van der Waals surface area contributed by atoms with E-state index in [1.165, 1.54) is 0 Å². The van der Waals surface area contributed by atoms with E-state index >= 15 is 0 Å². The van der Waals surface area contributed by atoms with Crippen LogP contribution in [0.5, 0.6) is 0 Å². The molecule has 0 spiro atoms. The Morgan fingerprint density at radius 2 is 2.06 bits per heavy atom. The quantitative estimate of drug-likeness (QED) is 0.847. The van der Waals surface area contributed by atoms with Crippen molar-refractivity contribution in [2.24, 2.45) is 0 Å². The first-order valence-corrected chi connectivity index (χ1v) is 5.40. The van der Waals surface area contributed by atoms with Gasteiger partial charge in [-0.15, -0.1) is 0 Å². The molecule has 0 aromatic carbocycles. The van der Waals surface area contributed by atoms with E-state index < -0.39 is 0 Å². The van der Waals surface area contributed by atoms with E-state index in [4.69, 9.17) is 10.5 Å². The van der Waals surface area contributed by atoms with Crippen molar-refractivity contribution < 1.29 is 4.74 Å². The van der Waals surface area contributed by atoms with Crippen LogP contribution in [0.3, 0.4) is 0 Å². The summed E-state index contributed by atoms with van der Waals surface area (Å²) in [5, 5.41) is 0. The van der Waals surface area contributed by atoms with Crippen LogP contribution in [0, 0.1) is 6.92 Å². The summed E-state index contributed by atoms with van der Waals surface area (Å²) in [7, 11) is 0. The van der Waals surface area contributed by atoms with E-state index in [-0.39, 0.29) is 11.2 Å². The number of rotatable bonds is 3. The van der Waals surface area contributed by atoms with Crippen LogP contribution >= 0.6 is 0 Å². The summed E-state index contributed by atoms with van der Waals surface area (Å²) in [6, 6.07) is 1.55. The minimum atomic E-state index is -0.181. The molecule has 0 fully saturated rings. The molecule has 0 aliphatic rings. The number of nitrogen functional groups attached to an aromatic ring is 1. The number of hydrogen-bond acceptors (Lipinski definition) is 3. The molecule has 16 heavy (non-hydrogen) atoms. The zero-order valence-electron chi connectivity index (χ0n) is 10.4. The average Bonchev–Trinajstić information content (AvgIpc) is 2.11. The molecular weight excluding hydrogens is 204 g/mol. The first-order valence-electron chi connectivity index (χ1n) is 5.40. The standard InChI is InChI=1S/C12H20N2O2/c1-9-7-11(15)14(8-10(9)13)5-6-16-12(2,3)4/h7-8H,5-6,13H2,1-4H3. The Labute approximate surface area is 96.0 Å². The summed E-state index contributed by atoms with van der Waals surface area (Å²) >= 11 is 0. The second-order valence-corrected chi connectivity index (χ2v) is 4.90. The number of pyridine rings is 1. The summed E-state index contributed by atoms with van der Waals surface area (Å²) in [6.07, 6.45) is 1.67. The van der Waals surface area contributed by atoms with Gasteiger partial charge in [-0.05, 0) is 33.3 Å². The molecule has 0 atom stereocenters. The van der Waals surface area contributed by atoms with Crippen molar-refractivity contribution in [2.75, 3.05) is 12.3 Å². The van der Waals surface area contributed by atoms with Gasteiger partial charge >= 0.3 is 0 Å². The topological polar surface area (TPSA) is 57.2 Å². The predicted octanol–water partition coefficient (Wildman–Crippen LogP) is 1.55. The summed E-state index contributed by atoms with van der Waals surface area (Å²) in [6.45, 7) is 8.82. The Kier molecular flexibility index (Phi) is 3.75. The van der Waals surface area contributed by atoms with Gasteiger partial charge in [-0.1, -0.05) is 0 Å². The van der Waals surface area contributed by atoms with E-state index in [0.717, 1.165) is 5.56 Å². The van der Waals surface area contributed by atoms with Crippen LogP contribution in [-0.4, -0.2) is 16.8 Å². The van der Waals surface area contributed by atoms with Crippen molar-refractivity contribution in [3.8, 4) is 0 Å². The highest BCUT2D eigenvalue weighted by Crippen LogP contribution is 2.08. The molecule has 1 aromatic heterocycles. The van der Waals surface area contributed by atoms with Crippen LogP contribution in [-0.2, 0) is 11.3 Å². The third kappa shape index (κ3) is 3.70. The van der Waals surface area contributed by atoms with Gasteiger partial charge in [-0.3, -0.25) is 4.79 Å². The highest BCUT2D eigenvalue weighted by Gasteiger charge is 2.09. The van der Waals surface area contributed by atoms with Crippen LogP contribution in [0.2, 0.25) is 0 Å². The van der Waals surface area contributed by atoms with Crippen molar-refractivity contribution in [3.63, 3.8) is 0 Å². The third-order valence-corrected chi connectivity index (χ3v) is 2.24.